The molecule has 1 aromatic carbocycles. The summed E-state index contributed by atoms with van der Waals surface area (Å²) in [4.78, 5) is 3.10. The number of phenolic OH excluding ortho intramolecular Hbond substituents is 2. The Labute approximate surface area is 136 Å². The van der Waals surface area contributed by atoms with Crippen LogP contribution in [0, 0.1) is 0 Å². The van der Waals surface area contributed by atoms with E-state index >= 15 is 0 Å². The Morgan fingerprint density at radius 1 is 1.27 bits per heavy atom. The highest BCUT2D eigenvalue weighted by atomic mass is 35.5. The van der Waals surface area contributed by atoms with E-state index in [4.69, 9.17) is 23.2 Å². The molecule has 8 heteroatoms. The van der Waals surface area contributed by atoms with E-state index in [2.05, 4.69) is 10.1 Å². The molecule has 22 heavy (non-hydrogen) atoms. The fourth-order valence-electron chi connectivity index (χ4n) is 2.56. The maximum Gasteiger partial charge on any atom is 0.158 e. The molecule has 0 saturated heterocycles. The molecular formula is C14H15Cl2N3O3. The zero-order chi connectivity index (χ0) is 16.0. The highest BCUT2D eigenvalue weighted by Gasteiger charge is 2.58. The normalized spacial score (nSPS) is 18.9. The second-order valence-corrected chi connectivity index (χ2v) is 6.83. The lowest BCUT2D eigenvalue weighted by molar-refractivity contribution is 0.00762. The quantitative estimate of drug-likeness (QED) is 0.571. The Bertz CT molecular complexity index is 689. The van der Waals surface area contributed by atoms with Crippen molar-refractivity contribution < 1.29 is 15.3 Å². The van der Waals surface area contributed by atoms with Crippen LogP contribution >= 0.6 is 23.2 Å². The highest BCUT2D eigenvalue weighted by Crippen LogP contribution is 2.53. The van der Waals surface area contributed by atoms with Gasteiger partial charge < -0.3 is 15.3 Å². The number of rotatable bonds is 5. The lowest BCUT2D eigenvalue weighted by atomic mass is 9.88. The number of hydrogen-bond donors (Lipinski definition) is 3. The van der Waals surface area contributed by atoms with Crippen molar-refractivity contribution in [3.05, 3.63) is 35.4 Å². The summed E-state index contributed by atoms with van der Waals surface area (Å²) in [5.41, 5.74) is -0.790. The number of nitrogens with zero attached hydrogens (tertiary/aromatic N) is 3. The smallest absolute Gasteiger partial charge is 0.158 e. The molecule has 3 rings (SSSR count). The van der Waals surface area contributed by atoms with Crippen molar-refractivity contribution in [1.29, 1.82) is 0 Å². The fraction of sp³-hybridized carbons (Fsp3) is 0.429. The Hall–Kier alpha value is -1.50. The predicted molar refractivity (Wildman–Crippen MR) is 81.3 cm³/mol. The summed E-state index contributed by atoms with van der Waals surface area (Å²) in [5.74, 6) is -0.595. The first-order valence-electron chi connectivity index (χ1n) is 6.77. The van der Waals surface area contributed by atoms with Gasteiger partial charge in [0.05, 0.1) is 11.4 Å². The van der Waals surface area contributed by atoms with Gasteiger partial charge in [-0.2, -0.15) is 5.10 Å². The third-order valence-electron chi connectivity index (χ3n) is 4.04. The van der Waals surface area contributed by atoms with E-state index in [1.165, 1.54) is 29.5 Å². The minimum Gasteiger partial charge on any atom is -0.504 e. The molecule has 0 spiro atoms. The second-order valence-electron chi connectivity index (χ2n) is 5.70. The van der Waals surface area contributed by atoms with Gasteiger partial charge in [0.15, 0.2) is 11.5 Å². The lowest BCUT2D eigenvalue weighted by Gasteiger charge is -2.33. The van der Waals surface area contributed by atoms with Crippen LogP contribution in [0.2, 0.25) is 5.02 Å². The molecule has 0 radical (unpaired) electrons. The summed E-state index contributed by atoms with van der Waals surface area (Å²) in [6.07, 6.45) is 4.38. The van der Waals surface area contributed by atoms with Crippen molar-refractivity contribution in [1.82, 2.24) is 14.8 Å². The van der Waals surface area contributed by atoms with Gasteiger partial charge in [-0.1, -0.05) is 11.6 Å². The number of aromatic nitrogens is 3. The monoisotopic (exact) mass is 343 g/mol. The van der Waals surface area contributed by atoms with Crippen LogP contribution in [0.4, 0.5) is 0 Å². The molecule has 2 aromatic rings. The summed E-state index contributed by atoms with van der Waals surface area (Å²) in [7, 11) is 0. The van der Waals surface area contributed by atoms with Crippen LogP contribution < -0.4 is 0 Å². The van der Waals surface area contributed by atoms with Crippen molar-refractivity contribution in [2.45, 2.75) is 36.3 Å². The van der Waals surface area contributed by atoms with Crippen molar-refractivity contribution in [2.24, 2.45) is 0 Å². The van der Waals surface area contributed by atoms with Gasteiger partial charge in [-0.05, 0) is 24.5 Å². The van der Waals surface area contributed by atoms with Crippen LogP contribution in [-0.4, -0.2) is 40.6 Å². The SMILES string of the molecule is Oc1cc(Cl)c(CC(O)(Cn2cncn2)C2(Cl)CC2)cc1O. The Morgan fingerprint density at radius 2 is 1.95 bits per heavy atom. The van der Waals surface area contributed by atoms with Crippen molar-refractivity contribution >= 4 is 23.2 Å². The number of aliphatic hydroxyl groups is 1. The summed E-state index contributed by atoms with van der Waals surface area (Å²) in [6.45, 7) is 0.161. The maximum absolute atomic E-state index is 11.1. The van der Waals surface area contributed by atoms with E-state index in [0.29, 0.717) is 18.4 Å². The third kappa shape index (κ3) is 2.74. The van der Waals surface area contributed by atoms with E-state index in [9.17, 15) is 15.3 Å². The second kappa shape index (κ2) is 5.30. The van der Waals surface area contributed by atoms with E-state index in [1.807, 2.05) is 0 Å². The maximum atomic E-state index is 11.1. The highest BCUT2D eigenvalue weighted by molar-refractivity contribution is 6.31. The Kier molecular flexibility index (Phi) is 3.71. The summed E-state index contributed by atoms with van der Waals surface area (Å²) >= 11 is 12.6. The molecule has 1 fully saturated rings. The van der Waals surface area contributed by atoms with E-state index < -0.39 is 10.5 Å². The van der Waals surface area contributed by atoms with Crippen LogP contribution in [0.15, 0.2) is 24.8 Å². The van der Waals surface area contributed by atoms with Gasteiger partial charge in [0.25, 0.3) is 0 Å². The van der Waals surface area contributed by atoms with Crippen LogP contribution in [0.25, 0.3) is 0 Å². The molecule has 1 unspecified atom stereocenters. The first-order valence-corrected chi connectivity index (χ1v) is 7.53. The van der Waals surface area contributed by atoms with Crippen molar-refractivity contribution in [3.8, 4) is 11.5 Å². The molecule has 1 aliphatic rings. The van der Waals surface area contributed by atoms with Gasteiger partial charge in [0.2, 0.25) is 0 Å². The van der Waals surface area contributed by atoms with Crippen molar-refractivity contribution in [3.63, 3.8) is 0 Å². The number of aromatic hydroxyl groups is 2. The standard InChI is InChI=1S/C14H15Cl2N3O3/c15-10-4-12(21)11(20)3-9(10)5-14(22,13(16)1-2-13)6-19-8-17-7-18-19/h3-4,7-8,20-22H,1-2,5-6H2. The molecular weight excluding hydrogens is 329 g/mol. The van der Waals surface area contributed by atoms with Crippen LogP contribution in [-0.2, 0) is 13.0 Å². The topological polar surface area (TPSA) is 91.4 Å². The summed E-state index contributed by atoms with van der Waals surface area (Å²) < 4.78 is 1.51. The minimum absolute atomic E-state index is 0.128. The summed E-state index contributed by atoms with van der Waals surface area (Å²) in [6, 6.07) is 2.59. The van der Waals surface area contributed by atoms with Gasteiger partial charge in [0.1, 0.15) is 18.3 Å². The molecule has 1 aliphatic carbocycles. The van der Waals surface area contributed by atoms with Gasteiger partial charge in [-0.25, -0.2) is 9.67 Å². The minimum atomic E-state index is -1.30. The number of halogens is 2. The molecule has 3 N–H and O–H groups in total. The average molecular weight is 344 g/mol. The fourth-order valence-corrected chi connectivity index (χ4v) is 3.00. The van der Waals surface area contributed by atoms with Gasteiger partial charge in [0, 0.05) is 17.5 Å². The van der Waals surface area contributed by atoms with Crippen LogP contribution in [0.1, 0.15) is 18.4 Å². The molecule has 1 saturated carbocycles. The average Bonchev–Trinajstić information content (AvgIpc) is 3.01. The van der Waals surface area contributed by atoms with E-state index in [0.717, 1.165) is 0 Å². The number of benzene rings is 1. The summed E-state index contributed by atoms with van der Waals surface area (Å²) in [5, 5.41) is 34.5. The molecule has 6 nitrogen and oxygen atoms in total. The van der Waals surface area contributed by atoms with E-state index in [-0.39, 0.29) is 29.5 Å². The number of phenols is 2. The molecule has 1 atom stereocenters. The Morgan fingerprint density at radius 3 is 2.55 bits per heavy atom. The lowest BCUT2D eigenvalue weighted by Crippen LogP contribution is -2.47. The molecule has 0 bridgehead atoms. The van der Waals surface area contributed by atoms with Crippen LogP contribution in [0.5, 0.6) is 11.5 Å². The first-order chi connectivity index (χ1) is 10.3. The van der Waals surface area contributed by atoms with E-state index in [1.54, 1.807) is 0 Å². The first kappa shape index (κ1) is 15.4. The van der Waals surface area contributed by atoms with Crippen molar-refractivity contribution in [2.75, 3.05) is 0 Å². The van der Waals surface area contributed by atoms with Gasteiger partial charge in [-0.15, -0.1) is 11.6 Å². The molecule has 118 valence electrons. The Balaban J connectivity index is 1.92. The number of alkyl halides is 1. The number of hydrogen-bond acceptors (Lipinski definition) is 5. The zero-order valence-corrected chi connectivity index (χ0v) is 13.1. The predicted octanol–water partition coefficient (Wildman–Crippen LogP) is 2.09. The zero-order valence-electron chi connectivity index (χ0n) is 11.6. The molecule has 0 amide bonds. The van der Waals surface area contributed by atoms with Crippen LogP contribution in [0.3, 0.4) is 0 Å². The molecule has 0 aliphatic heterocycles. The third-order valence-corrected chi connectivity index (χ3v) is 5.12. The van der Waals surface area contributed by atoms with Gasteiger partial charge in [-0.3, -0.25) is 0 Å². The molecule has 1 aromatic heterocycles. The molecule has 1 heterocycles. The largest absolute Gasteiger partial charge is 0.504 e. The van der Waals surface area contributed by atoms with Gasteiger partial charge >= 0.3 is 0 Å².